The van der Waals surface area contributed by atoms with Crippen molar-refractivity contribution in [3.8, 4) is 0 Å². The van der Waals surface area contributed by atoms with Gasteiger partial charge in [-0.15, -0.1) is 0 Å². The number of unbranched alkanes of at least 4 members (excludes halogenated alkanes) is 1. The van der Waals surface area contributed by atoms with Gasteiger partial charge in [0.1, 0.15) is 16.4 Å². The molecule has 1 aromatic rings. The number of hydrogen-bond acceptors (Lipinski definition) is 4. The van der Waals surface area contributed by atoms with Crippen molar-refractivity contribution in [1.82, 2.24) is 10.0 Å². The van der Waals surface area contributed by atoms with E-state index in [1.807, 2.05) is 6.92 Å². The summed E-state index contributed by atoms with van der Waals surface area (Å²) >= 11 is 0. The second kappa shape index (κ2) is 7.24. The van der Waals surface area contributed by atoms with Crippen LogP contribution in [0.25, 0.3) is 0 Å². The first-order valence-corrected chi connectivity index (χ1v) is 8.57. The van der Waals surface area contributed by atoms with E-state index >= 15 is 0 Å². The summed E-state index contributed by atoms with van der Waals surface area (Å²) < 4.78 is 33.3. The molecular weight excluding hydrogens is 276 g/mol. The van der Waals surface area contributed by atoms with E-state index in [4.69, 9.17) is 4.42 Å². The lowest BCUT2D eigenvalue weighted by Gasteiger charge is -2.14. The zero-order valence-electron chi connectivity index (χ0n) is 13.0. The summed E-state index contributed by atoms with van der Waals surface area (Å²) in [6, 6.07) is -0.0722. The van der Waals surface area contributed by atoms with E-state index in [-0.39, 0.29) is 10.9 Å². The maximum absolute atomic E-state index is 12.5. The third kappa shape index (κ3) is 4.07. The molecule has 1 heterocycles. The standard InChI is InChI=1S/C14H26N2O3S/c1-6-7-8-10(2)16-20(17,18)14-12(4)19-11(3)13(14)9-15-5/h10,15-16H,6-9H2,1-5H3. The maximum atomic E-state index is 12.5. The molecule has 0 aliphatic heterocycles. The molecule has 1 rings (SSSR count). The average Bonchev–Trinajstić information content (AvgIpc) is 2.62. The summed E-state index contributed by atoms with van der Waals surface area (Å²) in [5.74, 6) is 1.10. The van der Waals surface area contributed by atoms with Crippen LogP contribution in [-0.4, -0.2) is 21.5 Å². The molecule has 5 nitrogen and oxygen atoms in total. The summed E-state index contributed by atoms with van der Waals surface area (Å²) in [7, 11) is -1.75. The van der Waals surface area contributed by atoms with Crippen LogP contribution in [-0.2, 0) is 16.6 Å². The molecule has 0 radical (unpaired) electrons. The Morgan fingerprint density at radius 2 is 1.90 bits per heavy atom. The molecule has 0 spiro atoms. The number of hydrogen-bond donors (Lipinski definition) is 2. The Morgan fingerprint density at radius 3 is 2.45 bits per heavy atom. The third-order valence-electron chi connectivity index (χ3n) is 3.29. The van der Waals surface area contributed by atoms with Gasteiger partial charge in [-0.2, -0.15) is 0 Å². The highest BCUT2D eigenvalue weighted by molar-refractivity contribution is 7.89. The number of aryl methyl sites for hydroxylation is 2. The summed E-state index contributed by atoms with van der Waals surface area (Å²) in [5.41, 5.74) is 0.709. The van der Waals surface area contributed by atoms with Crippen molar-refractivity contribution in [2.75, 3.05) is 7.05 Å². The quantitative estimate of drug-likeness (QED) is 0.774. The van der Waals surface area contributed by atoms with E-state index < -0.39 is 10.0 Å². The van der Waals surface area contributed by atoms with Crippen molar-refractivity contribution in [1.29, 1.82) is 0 Å². The number of sulfonamides is 1. The fraction of sp³-hybridized carbons (Fsp3) is 0.714. The van der Waals surface area contributed by atoms with Crippen LogP contribution in [0.3, 0.4) is 0 Å². The van der Waals surface area contributed by atoms with Crippen molar-refractivity contribution in [2.24, 2.45) is 0 Å². The highest BCUT2D eigenvalue weighted by Gasteiger charge is 2.27. The molecule has 2 N–H and O–H groups in total. The van der Waals surface area contributed by atoms with Gasteiger partial charge < -0.3 is 9.73 Å². The molecule has 0 aliphatic rings. The zero-order chi connectivity index (χ0) is 15.3. The molecule has 1 atom stereocenters. The van der Waals surface area contributed by atoms with Crippen LogP contribution in [0.2, 0.25) is 0 Å². The lowest BCUT2D eigenvalue weighted by Crippen LogP contribution is -2.33. The Hall–Kier alpha value is -0.850. The number of furan rings is 1. The van der Waals surface area contributed by atoms with Gasteiger partial charge in [0.25, 0.3) is 0 Å². The second-order valence-electron chi connectivity index (χ2n) is 5.22. The Morgan fingerprint density at radius 1 is 1.25 bits per heavy atom. The third-order valence-corrected chi connectivity index (χ3v) is 5.08. The van der Waals surface area contributed by atoms with Gasteiger partial charge in [-0.05, 0) is 34.2 Å². The molecule has 116 valence electrons. The summed E-state index contributed by atoms with van der Waals surface area (Å²) in [5, 5.41) is 2.99. The van der Waals surface area contributed by atoms with Crippen molar-refractivity contribution in [3.05, 3.63) is 17.1 Å². The van der Waals surface area contributed by atoms with Crippen LogP contribution in [0.4, 0.5) is 0 Å². The lowest BCUT2D eigenvalue weighted by atomic mass is 10.2. The average molecular weight is 302 g/mol. The maximum Gasteiger partial charge on any atom is 0.244 e. The van der Waals surface area contributed by atoms with Crippen molar-refractivity contribution in [3.63, 3.8) is 0 Å². The Balaban J connectivity index is 3.03. The van der Waals surface area contributed by atoms with E-state index in [2.05, 4.69) is 17.0 Å². The number of nitrogens with one attached hydrogen (secondary N) is 2. The minimum Gasteiger partial charge on any atom is -0.465 e. The monoisotopic (exact) mass is 302 g/mol. The van der Waals surface area contributed by atoms with Crippen molar-refractivity contribution >= 4 is 10.0 Å². The fourth-order valence-electron chi connectivity index (χ4n) is 2.34. The van der Waals surface area contributed by atoms with Gasteiger partial charge >= 0.3 is 0 Å². The highest BCUT2D eigenvalue weighted by atomic mass is 32.2. The molecule has 1 unspecified atom stereocenters. The molecule has 0 aliphatic carbocycles. The molecule has 0 amide bonds. The van der Waals surface area contributed by atoms with Crippen molar-refractivity contribution in [2.45, 2.75) is 64.4 Å². The molecule has 20 heavy (non-hydrogen) atoms. The van der Waals surface area contributed by atoms with Gasteiger partial charge in [0.05, 0.1) is 0 Å². The summed E-state index contributed by atoms with van der Waals surface area (Å²) in [6.07, 6.45) is 2.91. The fourth-order valence-corrected chi connectivity index (χ4v) is 4.06. The van der Waals surface area contributed by atoms with Crippen LogP contribution in [0, 0.1) is 13.8 Å². The van der Waals surface area contributed by atoms with Gasteiger partial charge in [0.15, 0.2) is 0 Å². The molecule has 0 bridgehead atoms. The Kier molecular flexibility index (Phi) is 6.23. The minimum atomic E-state index is -3.54. The first kappa shape index (κ1) is 17.2. The van der Waals surface area contributed by atoms with Crippen LogP contribution in [0.15, 0.2) is 9.31 Å². The molecule has 0 fully saturated rings. The largest absolute Gasteiger partial charge is 0.465 e. The van der Waals surface area contributed by atoms with Gasteiger partial charge in [-0.25, -0.2) is 13.1 Å². The molecule has 0 aromatic carbocycles. The van der Waals surface area contributed by atoms with E-state index in [9.17, 15) is 8.42 Å². The van der Waals surface area contributed by atoms with Crippen LogP contribution < -0.4 is 10.0 Å². The topological polar surface area (TPSA) is 71.3 Å². The summed E-state index contributed by atoms with van der Waals surface area (Å²) in [4.78, 5) is 0.285. The molecule has 0 saturated heterocycles. The predicted molar refractivity (Wildman–Crippen MR) is 80.3 cm³/mol. The smallest absolute Gasteiger partial charge is 0.244 e. The van der Waals surface area contributed by atoms with Crippen molar-refractivity contribution < 1.29 is 12.8 Å². The van der Waals surface area contributed by atoms with E-state index in [1.165, 1.54) is 0 Å². The second-order valence-corrected chi connectivity index (χ2v) is 6.87. The SMILES string of the molecule is CCCCC(C)NS(=O)(=O)c1c(C)oc(C)c1CNC. The van der Waals surface area contributed by atoms with E-state index in [0.29, 0.717) is 23.6 Å². The molecule has 1 aromatic heterocycles. The first-order valence-electron chi connectivity index (χ1n) is 7.09. The highest BCUT2D eigenvalue weighted by Crippen LogP contribution is 2.26. The van der Waals surface area contributed by atoms with Gasteiger partial charge in [0.2, 0.25) is 10.0 Å². The predicted octanol–water partition coefficient (Wildman–Crippen LogP) is 2.47. The van der Waals surface area contributed by atoms with Crippen LogP contribution in [0.5, 0.6) is 0 Å². The van der Waals surface area contributed by atoms with Gasteiger partial charge in [-0.1, -0.05) is 19.8 Å². The Labute approximate surface area is 122 Å². The minimum absolute atomic E-state index is 0.0722. The lowest BCUT2D eigenvalue weighted by molar-refractivity contribution is 0.491. The normalized spacial score (nSPS) is 13.7. The van der Waals surface area contributed by atoms with Gasteiger partial charge in [-0.3, -0.25) is 0 Å². The number of rotatable bonds is 8. The van der Waals surface area contributed by atoms with Gasteiger partial charge in [0, 0.05) is 18.2 Å². The zero-order valence-corrected chi connectivity index (χ0v) is 13.9. The molecule has 0 saturated carbocycles. The molecular formula is C14H26N2O3S. The van der Waals surface area contributed by atoms with E-state index in [1.54, 1.807) is 20.9 Å². The Bertz CT molecular complexity index is 535. The molecule has 6 heteroatoms. The van der Waals surface area contributed by atoms with E-state index in [0.717, 1.165) is 19.3 Å². The van der Waals surface area contributed by atoms with Crippen LogP contribution in [0.1, 0.15) is 50.2 Å². The summed E-state index contributed by atoms with van der Waals surface area (Å²) in [6.45, 7) is 7.95. The van der Waals surface area contributed by atoms with Crippen LogP contribution >= 0.6 is 0 Å². The first-order chi connectivity index (χ1) is 9.33.